The van der Waals surface area contributed by atoms with Gasteiger partial charge in [-0.1, -0.05) is 6.07 Å². The number of hydrogen-bond donors (Lipinski definition) is 2. The summed E-state index contributed by atoms with van der Waals surface area (Å²) < 4.78 is 10.1. The monoisotopic (exact) mass is 279 g/mol. The summed E-state index contributed by atoms with van der Waals surface area (Å²) in [4.78, 5) is 22.2. The van der Waals surface area contributed by atoms with Gasteiger partial charge in [0.05, 0.1) is 6.61 Å². The van der Waals surface area contributed by atoms with Crippen molar-refractivity contribution in [1.29, 1.82) is 0 Å². The first-order chi connectivity index (χ1) is 9.60. The van der Waals surface area contributed by atoms with Crippen molar-refractivity contribution in [2.75, 3.05) is 6.61 Å². The normalized spacial score (nSPS) is 17.8. The Morgan fingerprint density at radius 3 is 2.85 bits per heavy atom. The van der Waals surface area contributed by atoms with E-state index < -0.39 is 12.2 Å². The molecule has 0 radical (unpaired) electrons. The van der Waals surface area contributed by atoms with Gasteiger partial charge in [-0.15, -0.1) is 0 Å². The molecule has 1 aliphatic rings. The zero-order valence-electron chi connectivity index (χ0n) is 11.2. The summed E-state index contributed by atoms with van der Waals surface area (Å²) in [5.41, 5.74) is 0.996. The number of phenolic OH excluding ortho intramolecular Hbond substituents is 1. The van der Waals surface area contributed by atoms with Crippen LogP contribution in [0.25, 0.3) is 0 Å². The van der Waals surface area contributed by atoms with Crippen molar-refractivity contribution in [3.8, 4) is 11.5 Å². The summed E-state index contributed by atoms with van der Waals surface area (Å²) >= 11 is 0. The van der Waals surface area contributed by atoms with Crippen molar-refractivity contribution < 1.29 is 24.2 Å². The molecule has 1 aromatic carbocycles. The molecule has 1 saturated heterocycles. The largest absolute Gasteiger partial charge is 0.504 e. The quantitative estimate of drug-likeness (QED) is 0.828. The van der Waals surface area contributed by atoms with E-state index in [1.165, 1.54) is 0 Å². The molecule has 0 aromatic heterocycles. The van der Waals surface area contributed by atoms with E-state index in [1.54, 1.807) is 18.2 Å². The van der Waals surface area contributed by atoms with E-state index in [-0.39, 0.29) is 11.7 Å². The van der Waals surface area contributed by atoms with Gasteiger partial charge in [-0.25, -0.2) is 4.79 Å². The first-order valence-electron chi connectivity index (χ1n) is 6.56. The lowest BCUT2D eigenvalue weighted by atomic mass is 10.1. The highest BCUT2D eigenvalue weighted by Crippen LogP contribution is 2.27. The van der Waals surface area contributed by atoms with Crippen LogP contribution in [0.1, 0.15) is 25.3 Å². The van der Waals surface area contributed by atoms with Crippen LogP contribution >= 0.6 is 0 Å². The predicted molar refractivity (Wildman–Crippen MR) is 70.6 cm³/mol. The number of cyclic esters (lactones) is 1. The van der Waals surface area contributed by atoms with Gasteiger partial charge in [-0.3, -0.25) is 10.1 Å². The van der Waals surface area contributed by atoms with Crippen molar-refractivity contribution in [2.45, 2.75) is 32.3 Å². The Morgan fingerprint density at radius 2 is 2.20 bits per heavy atom. The van der Waals surface area contributed by atoms with Crippen molar-refractivity contribution >= 4 is 12.0 Å². The van der Waals surface area contributed by atoms with Crippen LogP contribution in [0.5, 0.6) is 11.5 Å². The molecule has 2 amide bonds. The van der Waals surface area contributed by atoms with Gasteiger partial charge in [-0.05, 0) is 43.9 Å². The summed E-state index contributed by atoms with van der Waals surface area (Å²) in [6.45, 7) is 2.33. The number of carbonyl (C=O) groups is 2. The summed E-state index contributed by atoms with van der Waals surface area (Å²) in [6, 6.07) is 5.17. The van der Waals surface area contributed by atoms with Crippen molar-refractivity contribution in [1.82, 2.24) is 5.32 Å². The van der Waals surface area contributed by atoms with Crippen LogP contribution in [0.4, 0.5) is 4.79 Å². The Labute approximate surface area is 116 Å². The minimum absolute atomic E-state index is 0.111. The average molecular weight is 279 g/mol. The number of amides is 2. The maximum Gasteiger partial charge on any atom is 0.414 e. The average Bonchev–Trinajstić information content (AvgIpc) is 2.72. The SMILES string of the molecule is CCOc1cc(CCCC2OC(=O)NC2=O)ccc1O. The van der Waals surface area contributed by atoms with Gasteiger partial charge in [0.1, 0.15) is 0 Å². The molecular weight excluding hydrogens is 262 g/mol. The van der Waals surface area contributed by atoms with Crippen molar-refractivity contribution in [2.24, 2.45) is 0 Å². The Kier molecular flexibility index (Phi) is 4.45. The molecule has 2 rings (SSSR count). The zero-order chi connectivity index (χ0) is 14.5. The van der Waals surface area contributed by atoms with Crippen molar-refractivity contribution in [3.05, 3.63) is 23.8 Å². The third-order valence-corrected chi connectivity index (χ3v) is 3.02. The molecule has 1 aliphatic heterocycles. The highest BCUT2D eigenvalue weighted by Gasteiger charge is 2.31. The number of aromatic hydroxyl groups is 1. The molecule has 1 atom stereocenters. The van der Waals surface area contributed by atoms with E-state index >= 15 is 0 Å². The third-order valence-electron chi connectivity index (χ3n) is 3.02. The fraction of sp³-hybridized carbons (Fsp3) is 0.429. The number of aryl methyl sites for hydroxylation is 1. The number of ether oxygens (including phenoxy) is 2. The second-order valence-corrected chi connectivity index (χ2v) is 4.51. The molecule has 1 unspecified atom stereocenters. The van der Waals surface area contributed by atoms with Crippen LogP contribution in [-0.4, -0.2) is 29.8 Å². The second-order valence-electron chi connectivity index (χ2n) is 4.51. The molecule has 0 bridgehead atoms. The molecule has 2 N–H and O–H groups in total. The fourth-order valence-electron chi connectivity index (χ4n) is 2.06. The van der Waals surface area contributed by atoms with E-state index in [2.05, 4.69) is 5.32 Å². The van der Waals surface area contributed by atoms with Gasteiger partial charge in [0, 0.05) is 0 Å². The van der Waals surface area contributed by atoms with Crippen LogP contribution in [0, 0.1) is 0 Å². The molecule has 1 heterocycles. The van der Waals surface area contributed by atoms with E-state index in [0.29, 0.717) is 31.6 Å². The molecule has 0 saturated carbocycles. The van der Waals surface area contributed by atoms with Gasteiger partial charge < -0.3 is 14.6 Å². The van der Waals surface area contributed by atoms with Crippen LogP contribution < -0.4 is 10.1 Å². The highest BCUT2D eigenvalue weighted by molar-refractivity contribution is 5.99. The standard InChI is InChI=1S/C14H17NO5/c1-2-19-12-8-9(6-7-10(12)16)4-3-5-11-13(17)15-14(18)20-11/h6-8,11,16H,2-5H2,1H3,(H,15,17,18). The highest BCUT2D eigenvalue weighted by atomic mass is 16.6. The smallest absolute Gasteiger partial charge is 0.414 e. The van der Waals surface area contributed by atoms with Crippen LogP contribution in [0.15, 0.2) is 18.2 Å². The van der Waals surface area contributed by atoms with Gasteiger partial charge in [-0.2, -0.15) is 0 Å². The van der Waals surface area contributed by atoms with Crippen LogP contribution in [0.3, 0.4) is 0 Å². The van der Waals surface area contributed by atoms with E-state index in [9.17, 15) is 14.7 Å². The molecule has 0 spiro atoms. The predicted octanol–water partition coefficient (Wildman–Crippen LogP) is 1.75. The van der Waals surface area contributed by atoms with Gasteiger partial charge in [0.2, 0.25) is 0 Å². The number of phenols is 1. The Morgan fingerprint density at radius 1 is 1.40 bits per heavy atom. The van der Waals surface area contributed by atoms with Gasteiger partial charge >= 0.3 is 6.09 Å². The first kappa shape index (κ1) is 14.2. The minimum Gasteiger partial charge on any atom is -0.504 e. The first-order valence-corrected chi connectivity index (χ1v) is 6.56. The molecule has 6 heteroatoms. The van der Waals surface area contributed by atoms with Crippen LogP contribution in [-0.2, 0) is 16.0 Å². The molecule has 108 valence electrons. The Bertz CT molecular complexity index is 514. The maximum absolute atomic E-state index is 11.3. The fourth-order valence-corrected chi connectivity index (χ4v) is 2.06. The van der Waals surface area contributed by atoms with E-state index in [4.69, 9.17) is 9.47 Å². The second kappa shape index (κ2) is 6.27. The summed E-state index contributed by atoms with van der Waals surface area (Å²) in [5, 5.41) is 11.7. The molecule has 6 nitrogen and oxygen atoms in total. The van der Waals surface area contributed by atoms with Gasteiger partial charge in [0.15, 0.2) is 17.6 Å². The number of carbonyl (C=O) groups excluding carboxylic acids is 2. The Balaban J connectivity index is 1.86. The number of alkyl carbamates (subject to hydrolysis) is 1. The molecule has 1 fully saturated rings. The number of hydrogen-bond acceptors (Lipinski definition) is 5. The lowest BCUT2D eigenvalue weighted by molar-refractivity contribution is -0.123. The third kappa shape index (κ3) is 3.40. The zero-order valence-corrected chi connectivity index (χ0v) is 11.2. The lowest BCUT2D eigenvalue weighted by Crippen LogP contribution is -2.24. The summed E-state index contributed by atoms with van der Waals surface area (Å²) in [5.74, 6) is 0.186. The number of imide groups is 1. The number of benzene rings is 1. The number of nitrogens with one attached hydrogen (secondary N) is 1. The van der Waals surface area contributed by atoms with Crippen molar-refractivity contribution in [3.63, 3.8) is 0 Å². The van der Waals surface area contributed by atoms with E-state index in [1.807, 2.05) is 6.92 Å². The summed E-state index contributed by atoms with van der Waals surface area (Å²) in [6.07, 6.45) is 0.514. The number of rotatable bonds is 6. The summed E-state index contributed by atoms with van der Waals surface area (Å²) in [7, 11) is 0. The molecule has 20 heavy (non-hydrogen) atoms. The maximum atomic E-state index is 11.3. The Hall–Kier alpha value is -2.24. The lowest BCUT2D eigenvalue weighted by Gasteiger charge is -2.09. The van der Waals surface area contributed by atoms with E-state index in [0.717, 1.165) is 5.56 Å². The molecule has 1 aromatic rings. The van der Waals surface area contributed by atoms with Crippen LogP contribution in [0.2, 0.25) is 0 Å². The molecular formula is C14H17NO5. The topological polar surface area (TPSA) is 84.9 Å². The molecule has 0 aliphatic carbocycles. The minimum atomic E-state index is -0.689. The van der Waals surface area contributed by atoms with Gasteiger partial charge in [0.25, 0.3) is 5.91 Å².